The second-order valence-corrected chi connectivity index (χ2v) is 6.27. The molecule has 0 saturated heterocycles. The van der Waals surface area contributed by atoms with E-state index in [-0.39, 0.29) is 17.1 Å². The van der Waals surface area contributed by atoms with Crippen LogP contribution in [0.3, 0.4) is 0 Å². The van der Waals surface area contributed by atoms with Crippen molar-refractivity contribution in [1.29, 1.82) is 0 Å². The van der Waals surface area contributed by atoms with Crippen molar-refractivity contribution in [2.75, 3.05) is 0 Å². The van der Waals surface area contributed by atoms with Crippen LogP contribution in [0.15, 0.2) is 53.4 Å². The van der Waals surface area contributed by atoms with E-state index in [0.717, 1.165) is 16.9 Å². The molecular formula is C16H17ClFNS. The predicted octanol–water partition coefficient (Wildman–Crippen LogP) is 5.05. The van der Waals surface area contributed by atoms with Crippen LogP contribution < -0.4 is 5.73 Å². The lowest BCUT2D eigenvalue weighted by Gasteiger charge is -2.23. The Morgan fingerprint density at radius 3 is 2.60 bits per heavy atom. The topological polar surface area (TPSA) is 26.0 Å². The van der Waals surface area contributed by atoms with E-state index in [0.29, 0.717) is 5.02 Å². The number of hydrogen-bond donors (Lipinski definition) is 1. The third kappa shape index (κ3) is 3.98. The zero-order valence-electron chi connectivity index (χ0n) is 11.2. The standard InChI is InChI=1S/C16H17ClFNS/c1-2-15(19)16(11-5-3-7-13(18)9-11)20-14-8-4-6-12(17)10-14/h3-10,15-16H,2,19H2,1H3. The summed E-state index contributed by atoms with van der Waals surface area (Å²) in [6.45, 7) is 2.04. The van der Waals surface area contributed by atoms with Crippen LogP contribution in [0.25, 0.3) is 0 Å². The zero-order chi connectivity index (χ0) is 14.5. The highest BCUT2D eigenvalue weighted by Gasteiger charge is 2.20. The van der Waals surface area contributed by atoms with E-state index in [1.54, 1.807) is 23.9 Å². The van der Waals surface area contributed by atoms with E-state index < -0.39 is 0 Å². The summed E-state index contributed by atoms with van der Waals surface area (Å²) < 4.78 is 13.4. The van der Waals surface area contributed by atoms with Crippen molar-refractivity contribution in [3.63, 3.8) is 0 Å². The Bertz CT molecular complexity index is 576. The summed E-state index contributed by atoms with van der Waals surface area (Å²) in [7, 11) is 0. The molecule has 2 atom stereocenters. The normalized spacial score (nSPS) is 14.0. The van der Waals surface area contributed by atoms with Gasteiger partial charge in [-0.05, 0) is 42.3 Å². The molecule has 2 aromatic rings. The molecule has 2 aromatic carbocycles. The average Bonchev–Trinajstić information content (AvgIpc) is 2.44. The summed E-state index contributed by atoms with van der Waals surface area (Å²) in [5.41, 5.74) is 7.12. The molecule has 0 aromatic heterocycles. The molecule has 4 heteroatoms. The number of rotatable bonds is 5. The first-order chi connectivity index (χ1) is 9.60. The molecule has 1 nitrogen and oxygen atoms in total. The number of thioether (sulfide) groups is 1. The van der Waals surface area contributed by atoms with E-state index in [9.17, 15) is 4.39 Å². The van der Waals surface area contributed by atoms with Crippen LogP contribution in [0, 0.1) is 5.82 Å². The molecule has 20 heavy (non-hydrogen) atoms. The number of benzene rings is 2. The Morgan fingerprint density at radius 2 is 1.95 bits per heavy atom. The molecule has 0 aliphatic heterocycles. The van der Waals surface area contributed by atoms with Crippen molar-refractivity contribution in [1.82, 2.24) is 0 Å². The van der Waals surface area contributed by atoms with E-state index in [4.69, 9.17) is 17.3 Å². The largest absolute Gasteiger partial charge is 0.326 e. The first-order valence-electron chi connectivity index (χ1n) is 6.53. The minimum Gasteiger partial charge on any atom is -0.326 e. The number of halogens is 2. The van der Waals surface area contributed by atoms with E-state index in [1.165, 1.54) is 6.07 Å². The van der Waals surface area contributed by atoms with Gasteiger partial charge in [-0.3, -0.25) is 0 Å². The second kappa shape index (κ2) is 7.11. The zero-order valence-corrected chi connectivity index (χ0v) is 12.8. The van der Waals surface area contributed by atoms with Gasteiger partial charge in [0.05, 0.1) is 0 Å². The lowest BCUT2D eigenvalue weighted by Crippen LogP contribution is -2.25. The summed E-state index contributed by atoms with van der Waals surface area (Å²) in [6, 6.07) is 14.2. The van der Waals surface area contributed by atoms with Gasteiger partial charge in [0.1, 0.15) is 5.82 Å². The first kappa shape index (κ1) is 15.4. The lowest BCUT2D eigenvalue weighted by atomic mass is 10.0. The molecule has 0 amide bonds. The highest BCUT2D eigenvalue weighted by molar-refractivity contribution is 7.99. The molecule has 2 unspecified atom stereocenters. The Balaban J connectivity index is 2.29. The summed E-state index contributed by atoms with van der Waals surface area (Å²) >= 11 is 7.63. The molecule has 0 saturated carbocycles. The van der Waals surface area contributed by atoms with Crippen molar-refractivity contribution in [2.24, 2.45) is 5.73 Å². The predicted molar refractivity (Wildman–Crippen MR) is 84.7 cm³/mol. The van der Waals surface area contributed by atoms with Crippen LogP contribution in [0.2, 0.25) is 5.02 Å². The average molecular weight is 310 g/mol. The quantitative estimate of drug-likeness (QED) is 0.782. The molecule has 0 aliphatic carbocycles. The molecule has 106 valence electrons. The van der Waals surface area contributed by atoms with Gasteiger partial charge >= 0.3 is 0 Å². The fourth-order valence-electron chi connectivity index (χ4n) is 1.99. The number of hydrogen-bond acceptors (Lipinski definition) is 2. The molecule has 0 heterocycles. The third-order valence-corrected chi connectivity index (χ3v) is 4.73. The highest BCUT2D eigenvalue weighted by Crippen LogP contribution is 2.38. The monoisotopic (exact) mass is 309 g/mol. The maximum Gasteiger partial charge on any atom is 0.123 e. The molecule has 0 aliphatic rings. The molecule has 2 N–H and O–H groups in total. The summed E-state index contributed by atoms with van der Waals surface area (Å²) in [6.07, 6.45) is 0.828. The summed E-state index contributed by atoms with van der Waals surface area (Å²) in [4.78, 5) is 1.04. The molecule has 0 radical (unpaired) electrons. The van der Waals surface area contributed by atoms with E-state index >= 15 is 0 Å². The third-order valence-electron chi connectivity index (χ3n) is 3.10. The molecular weight excluding hydrogens is 293 g/mol. The van der Waals surface area contributed by atoms with Crippen LogP contribution in [0.4, 0.5) is 4.39 Å². The van der Waals surface area contributed by atoms with Crippen molar-refractivity contribution in [2.45, 2.75) is 29.5 Å². The van der Waals surface area contributed by atoms with Crippen LogP contribution in [0.1, 0.15) is 24.2 Å². The second-order valence-electron chi connectivity index (χ2n) is 4.62. The van der Waals surface area contributed by atoms with Crippen molar-refractivity contribution < 1.29 is 4.39 Å². The Labute approximate surface area is 128 Å². The lowest BCUT2D eigenvalue weighted by molar-refractivity contribution is 0.610. The van der Waals surface area contributed by atoms with Gasteiger partial charge in [-0.2, -0.15) is 0 Å². The van der Waals surface area contributed by atoms with Crippen molar-refractivity contribution in [3.8, 4) is 0 Å². The van der Waals surface area contributed by atoms with Gasteiger partial charge in [0.15, 0.2) is 0 Å². The maximum absolute atomic E-state index is 13.4. The Kier molecular flexibility index (Phi) is 5.46. The number of nitrogens with two attached hydrogens (primary N) is 1. The first-order valence-corrected chi connectivity index (χ1v) is 7.79. The van der Waals surface area contributed by atoms with Crippen molar-refractivity contribution >= 4 is 23.4 Å². The van der Waals surface area contributed by atoms with Gasteiger partial charge in [0.25, 0.3) is 0 Å². The maximum atomic E-state index is 13.4. The summed E-state index contributed by atoms with van der Waals surface area (Å²) in [5.74, 6) is -0.234. The van der Waals surface area contributed by atoms with Gasteiger partial charge < -0.3 is 5.73 Å². The smallest absolute Gasteiger partial charge is 0.123 e. The Morgan fingerprint density at radius 1 is 1.20 bits per heavy atom. The highest BCUT2D eigenvalue weighted by atomic mass is 35.5. The van der Waals surface area contributed by atoms with Crippen LogP contribution in [-0.4, -0.2) is 6.04 Å². The van der Waals surface area contributed by atoms with Gasteiger partial charge in [-0.15, -0.1) is 11.8 Å². The fourth-order valence-corrected chi connectivity index (χ4v) is 3.54. The van der Waals surface area contributed by atoms with Gasteiger partial charge in [-0.25, -0.2) is 4.39 Å². The minimum atomic E-state index is -0.234. The van der Waals surface area contributed by atoms with Gasteiger partial charge in [0.2, 0.25) is 0 Å². The summed E-state index contributed by atoms with van der Waals surface area (Å²) in [5, 5.41) is 0.701. The molecule has 2 rings (SSSR count). The SMILES string of the molecule is CCC(N)C(Sc1cccc(Cl)c1)c1cccc(F)c1. The van der Waals surface area contributed by atoms with Gasteiger partial charge in [0, 0.05) is 21.2 Å². The van der Waals surface area contributed by atoms with Gasteiger partial charge in [-0.1, -0.05) is 36.7 Å². The molecule has 0 fully saturated rings. The van der Waals surface area contributed by atoms with Crippen LogP contribution in [-0.2, 0) is 0 Å². The van der Waals surface area contributed by atoms with E-state index in [1.807, 2.05) is 37.3 Å². The minimum absolute atomic E-state index is 0.00849. The van der Waals surface area contributed by atoms with E-state index in [2.05, 4.69) is 0 Å². The molecule has 0 spiro atoms. The molecule has 0 bridgehead atoms. The fraction of sp³-hybridized carbons (Fsp3) is 0.250. The Hall–Kier alpha value is -1.03. The van der Waals surface area contributed by atoms with Crippen LogP contribution in [0.5, 0.6) is 0 Å². The van der Waals surface area contributed by atoms with Crippen molar-refractivity contribution in [3.05, 3.63) is 64.9 Å². The van der Waals surface area contributed by atoms with Crippen LogP contribution >= 0.6 is 23.4 Å².